The summed E-state index contributed by atoms with van der Waals surface area (Å²) in [6.07, 6.45) is 3.72. The molecule has 3 N–H and O–H groups in total. The molecule has 13 heavy (non-hydrogen) atoms. The van der Waals surface area contributed by atoms with Gasteiger partial charge in [0, 0.05) is 13.2 Å². The highest BCUT2D eigenvalue weighted by molar-refractivity contribution is 5.54. The Morgan fingerprint density at radius 1 is 1.62 bits per heavy atom. The molecule has 0 saturated heterocycles. The molecule has 2 aromatic heterocycles. The standard InChI is InChI=1S/C9H12N4/c1-13-8(6-12-9(13)5-10)7-3-2-4-11-7/h2-4,6,11H,5,10H2,1H3. The van der Waals surface area contributed by atoms with Gasteiger partial charge in [-0.15, -0.1) is 0 Å². The number of imidazole rings is 1. The summed E-state index contributed by atoms with van der Waals surface area (Å²) in [5, 5.41) is 0. The van der Waals surface area contributed by atoms with Crippen LogP contribution in [0.25, 0.3) is 11.4 Å². The summed E-state index contributed by atoms with van der Waals surface area (Å²) in [6, 6.07) is 3.97. The topological polar surface area (TPSA) is 59.6 Å². The van der Waals surface area contributed by atoms with E-state index in [4.69, 9.17) is 5.73 Å². The molecule has 0 spiro atoms. The second-order valence-corrected chi connectivity index (χ2v) is 2.91. The average molecular weight is 176 g/mol. The lowest BCUT2D eigenvalue weighted by Gasteiger charge is -2.01. The van der Waals surface area contributed by atoms with Gasteiger partial charge in [-0.2, -0.15) is 0 Å². The van der Waals surface area contributed by atoms with E-state index in [0.29, 0.717) is 6.54 Å². The third-order valence-corrected chi connectivity index (χ3v) is 2.14. The number of nitrogens with zero attached hydrogens (tertiary/aromatic N) is 2. The van der Waals surface area contributed by atoms with Crippen LogP contribution in [0, 0.1) is 0 Å². The molecule has 2 heterocycles. The lowest BCUT2D eigenvalue weighted by molar-refractivity contribution is 0.797. The molecule has 4 nitrogen and oxygen atoms in total. The van der Waals surface area contributed by atoms with Crippen LogP contribution in [0.3, 0.4) is 0 Å². The van der Waals surface area contributed by atoms with Gasteiger partial charge in [0.15, 0.2) is 0 Å². The van der Waals surface area contributed by atoms with E-state index in [1.54, 1.807) is 0 Å². The van der Waals surface area contributed by atoms with E-state index in [1.165, 1.54) is 0 Å². The number of hydrogen-bond acceptors (Lipinski definition) is 2. The molecular formula is C9H12N4. The molecule has 0 amide bonds. The summed E-state index contributed by atoms with van der Waals surface area (Å²) in [7, 11) is 1.96. The Bertz CT molecular complexity index is 386. The maximum Gasteiger partial charge on any atom is 0.122 e. The summed E-state index contributed by atoms with van der Waals surface area (Å²) in [5.41, 5.74) is 7.65. The quantitative estimate of drug-likeness (QED) is 0.713. The Morgan fingerprint density at radius 2 is 2.46 bits per heavy atom. The highest BCUT2D eigenvalue weighted by Gasteiger charge is 2.06. The summed E-state index contributed by atoms with van der Waals surface area (Å²) in [6.45, 7) is 0.469. The van der Waals surface area contributed by atoms with Gasteiger partial charge in [-0.25, -0.2) is 4.98 Å². The van der Waals surface area contributed by atoms with Gasteiger partial charge in [-0.3, -0.25) is 0 Å². The lowest BCUT2D eigenvalue weighted by Crippen LogP contribution is -2.05. The summed E-state index contributed by atoms with van der Waals surface area (Å²) in [4.78, 5) is 7.34. The van der Waals surface area contributed by atoms with Gasteiger partial charge in [0.1, 0.15) is 5.82 Å². The van der Waals surface area contributed by atoms with Crippen LogP contribution in [0.5, 0.6) is 0 Å². The van der Waals surface area contributed by atoms with E-state index < -0.39 is 0 Å². The molecule has 68 valence electrons. The largest absolute Gasteiger partial charge is 0.360 e. The molecule has 0 atom stereocenters. The summed E-state index contributed by atoms with van der Waals surface area (Å²) in [5.74, 6) is 0.893. The van der Waals surface area contributed by atoms with Crippen LogP contribution < -0.4 is 5.73 Å². The Hall–Kier alpha value is -1.55. The summed E-state index contributed by atoms with van der Waals surface area (Å²) >= 11 is 0. The smallest absolute Gasteiger partial charge is 0.122 e. The maximum absolute atomic E-state index is 5.52. The van der Waals surface area contributed by atoms with Crippen molar-refractivity contribution in [1.82, 2.24) is 14.5 Å². The highest BCUT2D eigenvalue weighted by atomic mass is 15.1. The minimum Gasteiger partial charge on any atom is -0.360 e. The fourth-order valence-electron chi connectivity index (χ4n) is 1.38. The zero-order valence-electron chi connectivity index (χ0n) is 7.49. The first kappa shape index (κ1) is 8.07. The third-order valence-electron chi connectivity index (χ3n) is 2.14. The van der Waals surface area contributed by atoms with Gasteiger partial charge < -0.3 is 15.3 Å². The lowest BCUT2D eigenvalue weighted by atomic mass is 10.3. The first-order chi connectivity index (χ1) is 6.33. The second kappa shape index (κ2) is 3.06. The Kier molecular flexibility index (Phi) is 1.90. The van der Waals surface area contributed by atoms with E-state index in [0.717, 1.165) is 17.2 Å². The van der Waals surface area contributed by atoms with Crippen LogP contribution >= 0.6 is 0 Å². The first-order valence-electron chi connectivity index (χ1n) is 4.17. The molecule has 2 rings (SSSR count). The van der Waals surface area contributed by atoms with Crippen LogP contribution in [-0.4, -0.2) is 14.5 Å². The Labute approximate surface area is 76.4 Å². The monoisotopic (exact) mass is 176 g/mol. The summed E-state index contributed by atoms with van der Waals surface area (Å²) < 4.78 is 1.99. The molecule has 4 heteroatoms. The van der Waals surface area contributed by atoms with Gasteiger partial charge >= 0.3 is 0 Å². The number of nitrogens with two attached hydrogens (primary N) is 1. The normalized spacial score (nSPS) is 10.6. The van der Waals surface area contributed by atoms with E-state index in [-0.39, 0.29) is 0 Å². The third kappa shape index (κ3) is 1.25. The van der Waals surface area contributed by atoms with Crippen molar-refractivity contribution < 1.29 is 0 Å². The molecule has 0 unspecified atom stereocenters. The van der Waals surface area contributed by atoms with Crippen molar-refractivity contribution >= 4 is 0 Å². The van der Waals surface area contributed by atoms with Gasteiger partial charge in [0.2, 0.25) is 0 Å². The highest BCUT2D eigenvalue weighted by Crippen LogP contribution is 2.16. The number of H-pyrrole nitrogens is 1. The van der Waals surface area contributed by atoms with Gasteiger partial charge in [0.25, 0.3) is 0 Å². The molecule has 0 aliphatic heterocycles. The van der Waals surface area contributed by atoms with Crippen LogP contribution in [0.2, 0.25) is 0 Å². The van der Waals surface area contributed by atoms with Crippen LogP contribution in [-0.2, 0) is 13.6 Å². The number of nitrogens with one attached hydrogen (secondary N) is 1. The number of aromatic amines is 1. The molecule has 0 aliphatic rings. The predicted molar refractivity (Wildman–Crippen MR) is 50.9 cm³/mol. The van der Waals surface area contributed by atoms with Crippen molar-refractivity contribution in [3.05, 3.63) is 30.4 Å². The van der Waals surface area contributed by atoms with Gasteiger partial charge in [0.05, 0.1) is 24.1 Å². The SMILES string of the molecule is Cn1c(-c2ccc[nH]2)cnc1CN. The zero-order chi connectivity index (χ0) is 9.26. The van der Waals surface area contributed by atoms with Gasteiger partial charge in [-0.05, 0) is 12.1 Å². The van der Waals surface area contributed by atoms with E-state index in [1.807, 2.05) is 36.1 Å². The first-order valence-corrected chi connectivity index (χ1v) is 4.17. The van der Waals surface area contributed by atoms with Crippen molar-refractivity contribution in [2.24, 2.45) is 12.8 Å². The number of hydrogen-bond donors (Lipinski definition) is 2. The van der Waals surface area contributed by atoms with Crippen molar-refractivity contribution in [1.29, 1.82) is 0 Å². The zero-order valence-corrected chi connectivity index (χ0v) is 7.49. The fraction of sp³-hybridized carbons (Fsp3) is 0.222. The molecule has 0 saturated carbocycles. The molecule has 0 aromatic carbocycles. The molecule has 0 aliphatic carbocycles. The molecule has 0 bridgehead atoms. The van der Waals surface area contributed by atoms with Crippen molar-refractivity contribution in [3.63, 3.8) is 0 Å². The van der Waals surface area contributed by atoms with E-state index >= 15 is 0 Å². The van der Waals surface area contributed by atoms with Crippen LogP contribution in [0.15, 0.2) is 24.5 Å². The van der Waals surface area contributed by atoms with Crippen molar-refractivity contribution in [3.8, 4) is 11.4 Å². The fourth-order valence-corrected chi connectivity index (χ4v) is 1.38. The molecule has 0 radical (unpaired) electrons. The van der Waals surface area contributed by atoms with Crippen molar-refractivity contribution in [2.45, 2.75) is 6.54 Å². The Morgan fingerprint density at radius 3 is 3.00 bits per heavy atom. The molecular weight excluding hydrogens is 164 g/mol. The van der Waals surface area contributed by atoms with E-state index in [9.17, 15) is 0 Å². The van der Waals surface area contributed by atoms with Crippen molar-refractivity contribution in [2.75, 3.05) is 0 Å². The molecule has 2 aromatic rings. The van der Waals surface area contributed by atoms with Gasteiger partial charge in [-0.1, -0.05) is 0 Å². The second-order valence-electron chi connectivity index (χ2n) is 2.91. The maximum atomic E-state index is 5.52. The Balaban J connectivity index is 2.48. The minimum absolute atomic E-state index is 0.469. The number of aromatic nitrogens is 3. The molecule has 0 fully saturated rings. The minimum atomic E-state index is 0.469. The average Bonchev–Trinajstić information content (AvgIpc) is 2.72. The number of rotatable bonds is 2. The van der Waals surface area contributed by atoms with Crippen LogP contribution in [0.1, 0.15) is 5.82 Å². The van der Waals surface area contributed by atoms with Crippen LogP contribution in [0.4, 0.5) is 0 Å². The van der Waals surface area contributed by atoms with E-state index in [2.05, 4.69) is 9.97 Å². The predicted octanol–water partition coefficient (Wildman–Crippen LogP) is 0.874.